The Hall–Kier alpha value is -0.940. The van der Waals surface area contributed by atoms with Gasteiger partial charge in [-0.05, 0) is 12.1 Å². The van der Waals surface area contributed by atoms with Crippen molar-refractivity contribution in [1.82, 2.24) is 0 Å². The lowest BCUT2D eigenvalue weighted by Crippen LogP contribution is -1.91. The Balaban J connectivity index is 3.10. The Bertz CT molecular complexity index is 332. The summed E-state index contributed by atoms with van der Waals surface area (Å²) in [6.45, 7) is 0. The number of nitro groups is 1. The molecule has 0 atom stereocenters. The molecule has 0 aliphatic rings. The van der Waals surface area contributed by atoms with E-state index in [4.69, 9.17) is 15.8 Å². The van der Waals surface area contributed by atoms with Gasteiger partial charge in [-0.15, -0.1) is 0 Å². The summed E-state index contributed by atoms with van der Waals surface area (Å²) in [6.07, 6.45) is 1.68. The molecule has 0 aliphatic carbocycles. The number of benzene rings is 1. The number of nitrogens with zero attached hydrogens (tertiary/aromatic N) is 1. The van der Waals surface area contributed by atoms with E-state index in [0.29, 0.717) is 5.02 Å². The van der Waals surface area contributed by atoms with E-state index in [1.807, 2.05) is 0 Å². The van der Waals surface area contributed by atoms with Crippen molar-refractivity contribution in [3.05, 3.63) is 33.3 Å². The van der Waals surface area contributed by atoms with Crippen LogP contribution in [0, 0.1) is 10.1 Å². The Morgan fingerprint density at radius 1 is 1.62 bits per heavy atom. The zero-order chi connectivity index (χ0) is 9.84. The average Bonchev–Trinajstić information content (AvgIpc) is 2.08. The molecule has 0 amide bonds. The average molecular weight is 220 g/mol. The van der Waals surface area contributed by atoms with Crippen LogP contribution in [-0.4, -0.2) is 11.2 Å². The summed E-state index contributed by atoms with van der Waals surface area (Å²) in [5.74, 6) is 0.210. The fourth-order valence-electron chi connectivity index (χ4n) is 0.793. The van der Waals surface area contributed by atoms with Crippen molar-refractivity contribution < 1.29 is 9.11 Å². The highest BCUT2D eigenvalue weighted by molar-refractivity contribution is 7.94. The van der Waals surface area contributed by atoms with E-state index < -0.39 is 4.92 Å². The van der Waals surface area contributed by atoms with Crippen LogP contribution in [0.3, 0.4) is 0 Å². The van der Waals surface area contributed by atoms with Crippen LogP contribution < -0.4 is 4.18 Å². The molecule has 1 aromatic carbocycles. The highest BCUT2D eigenvalue weighted by atomic mass is 35.5. The van der Waals surface area contributed by atoms with Crippen LogP contribution in [0.1, 0.15) is 0 Å². The van der Waals surface area contributed by atoms with Gasteiger partial charge in [0.05, 0.1) is 17.0 Å². The fraction of sp³-hybridized carbons (Fsp3) is 0.143. The Labute approximate surface area is 84.2 Å². The SMILES string of the molecule is CSOc1ccc(Cl)cc1[N+](=O)[O-]. The lowest BCUT2D eigenvalue weighted by molar-refractivity contribution is -0.385. The molecule has 0 saturated heterocycles. The topological polar surface area (TPSA) is 52.4 Å². The maximum atomic E-state index is 10.5. The molecule has 0 radical (unpaired) electrons. The van der Waals surface area contributed by atoms with Gasteiger partial charge in [0.15, 0.2) is 0 Å². The summed E-state index contributed by atoms with van der Waals surface area (Å²) in [6, 6.07) is 4.27. The predicted octanol–water partition coefficient (Wildman–Crippen LogP) is 2.91. The number of hydrogen-bond donors (Lipinski definition) is 0. The Kier molecular flexibility index (Phi) is 3.39. The minimum Gasteiger partial charge on any atom is -0.419 e. The largest absolute Gasteiger partial charge is 0.419 e. The van der Waals surface area contributed by atoms with Gasteiger partial charge in [0, 0.05) is 17.3 Å². The van der Waals surface area contributed by atoms with Crippen LogP contribution in [0.2, 0.25) is 5.02 Å². The fourth-order valence-corrected chi connectivity index (χ4v) is 1.28. The van der Waals surface area contributed by atoms with Gasteiger partial charge in [-0.2, -0.15) is 0 Å². The predicted molar refractivity (Wildman–Crippen MR) is 52.2 cm³/mol. The first kappa shape index (κ1) is 10.1. The molecule has 0 fully saturated rings. The lowest BCUT2D eigenvalue weighted by Gasteiger charge is -2.01. The molecule has 0 unspecified atom stereocenters. The van der Waals surface area contributed by atoms with Crippen LogP contribution in [0.15, 0.2) is 18.2 Å². The van der Waals surface area contributed by atoms with Crippen molar-refractivity contribution in [2.24, 2.45) is 0 Å². The van der Waals surface area contributed by atoms with Gasteiger partial charge in [0.1, 0.15) is 0 Å². The van der Waals surface area contributed by atoms with E-state index in [1.165, 1.54) is 12.1 Å². The minimum atomic E-state index is -0.530. The highest BCUT2D eigenvalue weighted by Crippen LogP contribution is 2.31. The molecule has 0 saturated carbocycles. The maximum absolute atomic E-state index is 10.5. The van der Waals surface area contributed by atoms with Gasteiger partial charge in [-0.3, -0.25) is 10.1 Å². The lowest BCUT2D eigenvalue weighted by atomic mass is 10.3. The third-order valence-corrected chi connectivity index (χ3v) is 1.87. The zero-order valence-corrected chi connectivity index (χ0v) is 8.26. The first-order chi connectivity index (χ1) is 6.15. The molecule has 0 aromatic heterocycles. The van der Waals surface area contributed by atoms with E-state index in [1.54, 1.807) is 12.3 Å². The molecule has 13 heavy (non-hydrogen) atoms. The summed E-state index contributed by atoms with van der Waals surface area (Å²) in [4.78, 5) is 9.98. The smallest absolute Gasteiger partial charge is 0.313 e. The number of rotatable bonds is 3. The van der Waals surface area contributed by atoms with Gasteiger partial charge in [0.25, 0.3) is 0 Å². The summed E-state index contributed by atoms with van der Waals surface area (Å²) < 4.78 is 4.97. The van der Waals surface area contributed by atoms with Crippen molar-refractivity contribution in [2.75, 3.05) is 6.26 Å². The molecule has 1 aromatic rings. The summed E-state index contributed by atoms with van der Waals surface area (Å²) in [5.41, 5.74) is -0.123. The van der Waals surface area contributed by atoms with E-state index in [0.717, 1.165) is 12.0 Å². The minimum absolute atomic E-state index is 0.123. The number of hydrogen-bond acceptors (Lipinski definition) is 4. The second-order valence-corrected chi connectivity index (χ2v) is 3.06. The second kappa shape index (κ2) is 4.34. The Morgan fingerprint density at radius 3 is 2.85 bits per heavy atom. The van der Waals surface area contributed by atoms with Crippen molar-refractivity contribution in [1.29, 1.82) is 0 Å². The van der Waals surface area contributed by atoms with E-state index in [9.17, 15) is 10.1 Å². The second-order valence-electron chi connectivity index (χ2n) is 2.12. The molecule has 0 N–H and O–H groups in total. The molecule has 70 valence electrons. The molecule has 1 rings (SSSR count). The quantitative estimate of drug-likeness (QED) is 0.446. The van der Waals surface area contributed by atoms with Crippen molar-refractivity contribution in [2.45, 2.75) is 0 Å². The third-order valence-electron chi connectivity index (χ3n) is 1.29. The molecule has 0 heterocycles. The third kappa shape index (κ3) is 2.50. The first-order valence-electron chi connectivity index (χ1n) is 3.29. The van der Waals surface area contributed by atoms with Crippen molar-refractivity contribution in [3.8, 4) is 5.75 Å². The van der Waals surface area contributed by atoms with Gasteiger partial charge in [-0.1, -0.05) is 11.6 Å². The molecular formula is C7H6ClNO3S. The van der Waals surface area contributed by atoms with Gasteiger partial charge >= 0.3 is 5.69 Å². The standard InChI is InChI=1S/C7H6ClNO3S/c1-13-12-7-3-2-5(8)4-6(7)9(10)11/h2-4H,1H3. The van der Waals surface area contributed by atoms with Crippen LogP contribution >= 0.6 is 23.6 Å². The van der Waals surface area contributed by atoms with E-state index >= 15 is 0 Å². The van der Waals surface area contributed by atoms with E-state index in [2.05, 4.69) is 0 Å². The van der Waals surface area contributed by atoms with Crippen LogP contribution in [-0.2, 0) is 0 Å². The number of nitro benzene ring substituents is 1. The van der Waals surface area contributed by atoms with Crippen molar-refractivity contribution in [3.63, 3.8) is 0 Å². The van der Waals surface area contributed by atoms with Gasteiger partial charge in [-0.25, -0.2) is 0 Å². The van der Waals surface area contributed by atoms with Crippen LogP contribution in [0.5, 0.6) is 5.75 Å². The molecule has 0 spiro atoms. The van der Waals surface area contributed by atoms with Crippen molar-refractivity contribution >= 4 is 29.3 Å². The van der Waals surface area contributed by atoms with Gasteiger partial charge in [0.2, 0.25) is 5.75 Å². The summed E-state index contributed by atoms with van der Waals surface area (Å²) >= 11 is 6.64. The zero-order valence-electron chi connectivity index (χ0n) is 6.69. The molecule has 6 heteroatoms. The monoisotopic (exact) mass is 219 g/mol. The molecule has 0 aliphatic heterocycles. The van der Waals surface area contributed by atoms with Crippen LogP contribution in [0.4, 0.5) is 5.69 Å². The highest BCUT2D eigenvalue weighted by Gasteiger charge is 2.15. The summed E-state index contributed by atoms with van der Waals surface area (Å²) in [7, 11) is 0. The van der Waals surface area contributed by atoms with E-state index in [-0.39, 0.29) is 11.4 Å². The maximum Gasteiger partial charge on any atom is 0.313 e. The molecule has 4 nitrogen and oxygen atoms in total. The van der Waals surface area contributed by atoms with Crippen LogP contribution in [0.25, 0.3) is 0 Å². The molecule has 0 bridgehead atoms. The normalized spacial score (nSPS) is 9.69. The van der Waals surface area contributed by atoms with Gasteiger partial charge < -0.3 is 4.18 Å². The molecular weight excluding hydrogens is 214 g/mol. The Morgan fingerprint density at radius 2 is 2.31 bits per heavy atom. The summed E-state index contributed by atoms with van der Waals surface area (Å²) in [5, 5.41) is 10.8. The first-order valence-corrected chi connectivity index (χ1v) is 4.82. The number of halogens is 1.